The molecule has 6 heteroatoms. The molecule has 3 heterocycles. The minimum atomic E-state index is 0.894. The third-order valence-electron chi connectivity index (χ3n) is 4.11. The molecule has 0 amide bonds. The van der Waals surface area contributed by atoms with Gasteiger partial charge in [0.25, 0.3) is 0 Å². The van der Waals surface area contributed by atoms with Crippen molar-refractivity contribution in [3.8, 4) is 17.2 Å². The van der Waals surface area contributed by atoms with Crippen LogP contribution in [0.25, 0.3) is 17.2 Å². The summed E-state index contributed by atoms with van der Waals surface area (Å²) < 4.78 is 6.24. The molecule has 116 valence electrons. The van der Waals surface area contributed by atoms with Crippen molar-refractivity contribution in [1.29, 1.82) is 0 Å². The lowest BCUT2D eigenvalue weighted by molar-refractivity contribution is 0.583. The predicted octanol–water partition coefficient (Wildman–Crippen LogP) is 2.80. The molecule has 0 aliphatic heterocycles. The molecule has 0 N–H and O–H groups in total. The molecule has 0 spiro atoms. The Bertz CT molecular complexity index is 805. The first-order chi connectivity index (χ1) is 10.5. The summed E-state index contributed by atoms with van der Waals surface area (Å²) in [6, 6.07) is 0. The molecule has 0 radical (unpaired) electrons. The summed E-state index contributed by atoms with van der Waals surface area (Å²) in [6.07, 6.45) is 6.76. The number of nitrogens with zero attached hydrogens (tertiary/aromatic N) is 6. The first-order valence-corrected chi connectivity index (χ1v) is 7.61. The van der Waals surface area contributed by atoms with Gasteiger partial charge in [-0.2, -0.15) is 5.10 Å². The van der Waals surface area contributed by atoms with Crippen LogP contribution in [0.2, 0.25) is 0 Å². The summed E-state index contributed by atoms with van der Waals surface area (Å²) in [7, 11) is 2.01. The van der Waals surface area contributed by atoms with E-state index in [9.17, 15) is 0 Å². The van der Waals surface area contributed by atoms with Crippen molar-refractivity contribution in [3.63, 3.8) is 0 Å². The lowest BCUT2D eigenvalue weighted by atomic mass is 10.3. The SMILES string of the molecule is CCCn1nc(C)c(-n2ccnc2-c2cnc(C)n2C)c1C. The second-order valence-electron chi connectivity index (χ2n) is 5.61. The maximum absolute atomic E-state index is 4.66. The molecule has 0 aliphatic carbocycles. The average Bonchev–Trinajstić information content (AvgIpc) is 3.13. The molecule has 0 unspecified atom stereocenters. The number of hydrogen-bond acceptors (Lipinski definition) is 3. The lowest BCUT2D eigenvalue weighted by Crippen LogP contribution is -2.04. The summed E-state index contributed by atoms with van der Waals surface area (Å²) in [5.74, 6) is 1.87. The fraction of sp³-hybridized carbons (Fsp3) is 0.438. The predicted molar refractivity (Wildman–Crippen MR) is 86.1 cm³/mol. The van der Waals surface area contributed by atoms with Crippen LogP contribution < -0.4 is 0 Å². The number of rotatable bonds is 4. The van der Waals surface area contributed by atoms with Crippen molar-refractivity contribution in [2.24, 2.45) is 7.05 Å². The van der Waals surface area contributed by atoms with Crippen LogP contribution in [0.15, 0.2) is 18.6 Å². The minimum absolute atomic E-state index is 0.894. The van der Waals surface area contributed by atoms with Crippen molar-refractivity contribution in [2.45, 2.75) is 40.7 Å². The third-order valence-corrected chi connectivity index (χ3v) is 4.11. The van der Waals surface area contributed by atoms with Gasteiger partial charge in [0.1, 0.15) is 11.5 Å². The Morgan fingerprint density at radius 3 is 2.55 bits per heavy atom. The van der Waals surface area contributed by atoms with E-state index in [1.54, 1.807) is 0 Å². The normalized spacial score (nSPS) is 11.3. The molecular weight excluding hydrogens is 276 g/mol. The molecule has 0 fully saturated rings. The van der Waals surface area contributed by atoms with Gasteiger partial charge < -0.3 is 4.57 Å². The molecular formula is C16H22N6. The smallest absolute Gasteiger partial charge is 0.163 e. The van der Waals surface area contributed by atoms with E-state index in [4.69, 9.17) is 0 Å². The molecule has 0 bridgehead atoms. The van der Waals surface area contributed by atoms with Crippen molar-refractivity contribution in [2.75, 3.05) is 0 Å². The van der Waals surface area contributed by atoms with Crippen LogP contribution in [0.3, 0.4) is 0 Å². The van der Waals surface area contributed by atoms with Crippen molar-refractivity contribution in [1.82, 2.24) is 28.9 Å². The highest BCUT2D eigenvalue weighted by atomic mass is 15.3. The van der Waals surface area contributed by atoms with E-state index in [0.29, 0.717) is 0 Å². The van der Waals surface area contributed by atoms with Gasteiger partial charge in [-0.25, -0.2) is 9.97 Å². The van der Waals surface area contributed by atoms with Gasteiger partial charge in [0, 0.05) is 26.0 Å². The maximum atomic E-state index is 4.66. The first-order valence-electron chi connectivity index (χ1n) is 7.61. The highest BCUT2D eigenvalue weighted by Crippen LogP contribution is 2.26. The zero-order valence-corrected chi connectivity index (χ0v) is 13.8. The van der Waals surface area contributed by atoms with Crippen molar-refractivity contribution < 1.29 is 0 Å². The Hall–Kier alpha value is -2.37. The van der Waals surface area contributed by atoms with E-state index in [1.165, 1.54) is 0 Å². The quantitative estimate of drug-likeness (QED) is 0.744. The second-order valence-corrected chi connectivity index (χ2v) is 5.61. The van der Waals surface area contributed by atoms with Gasteiger partial charge in [-0.1, -0.05) is 6.92 Å². The zero-order valence-electron chi connectivity index (χ0n) is 13.8. The maximum Gasteiger partial charge on any atom is 0.163 e. The van der Waals surface area contributed by atoms with Crippen LogP contribution in [0.1, 0.15) is 30.6 Å². The standard InChI is InChI=1S/C16H22N6/c1-6-8-22-12(3)15(11(2)19-22)21-9-7-17-16(21)14-10-18-13(4)20(14)5/h7,9-10H,6,8H2,1-5H3. The molecule has 6 nitrogen and oxygen atoms in total. The van der Waals surface area contributed by atoms with Crippen LogP contribution in [0, 0.1) is 20.8 Å². The van der Waals surface area contributed by atoms with Gasteiger partial charge in [-0.3, -0.25) is 9.25 Å². The monoisotopic (exact) mass is 298 g/mol. The van der Waals surface area contributed by atoms with E-state index < -0.39 is 0 Å². The lowest BCUT2D eigenvalue weighted by Gasteiger charge is -2.09. The molecule has 0 aromatic carbocycles. The van der Waals surface area contributed by atoms with Crippen LogP contribution in [-0.4, -0.2) is 28.9 Å². The summed E-state index contributed by atoms with van der Waals surface area (Å²) in [6.45, 7) is 9.25. The van der Waals surface area contributed by atoms with E-state index in [1.807, 2.05) is 39.5 Å². The summed E-state index contributed by atoms with van der Waals surface area (Å²) in [5.41, 5.74) is 4.30. The molecule has 3 aromatic rings. The third kappa shape index (κ3) is 2.15. The number of hydrogen-bond donors (Lipinski definition) is 0. The van der Waals surface area contributed by atoms with Crippen LogP contribution in [0.4, 0.5) is 0 Å². The topological polar surface area (TPSA) is 53.5 Å². The molecule has 3 rings (SSSR count). The molecule has 0 aliphatic rings. The van der Waals surface area contributed by atoms with E-state index in [-0.39, 0.29) is 0 Å². The molecule has 0 atom stereocenters. The van der Waals surface area contributed by atoms with Gasteiger partial charge >= 0.3 is 0 Å². The van der Waals surface area contributed by atoms with Gasteiger partial charge in [-0.15, -0.1) is 0 Å². The number of aromatic nitrogens is 6. The Labute approximate surface area is 130 Å². The summed E-state index contributed by atoms with van der Waals surface area (Å²) in [5, 5.41) is 4.66. The Morgan fingerprint density at radius 2 is 1.91 bits per heavy atom. The van der Waals surface area contributed by atoms with E-state index in [0.717, 1.165) is 47.4 Å². The van der Waals surface area contributed by atoms with E-state index >= 15 is 0 Å². The average molecular weight is 298 g/mol. The van der Waals surface area contributed by atoms with Gasteiger partial charge in [0.15, 0.2) is 5.82 Å². The molecule has 22 heavy (non-hydrogen) atoms. The molecule has 3 aromatic heterocycles. The fourth-order valence-corrected chi connectivity index (χ4v) is 2.85. The molecule has 0 saturated heterocycles. The number of aryl methyl sites for hydroxylation is 3. The van der Waals surface area contributed by atoms with Crippen molar-refractivity contribution >= 4 is 0 Å². The van der Waals surface area contributed by atoms with Crippen LogP contribution >= 0.6 is 0 Å². The van der Waals surface area contributed by atoms with Gasteiger partial charge in [-0.05, 0) is 27.2 Å². The number of imidazole rings is 2. The molecule has 0 saturated carbocycles. The summed E-state index contributed by atoms with van der Waals surface area (Å²) >= 11 is 0. The summed E-state index contributed by atoms with van der Waals surface area (Å²) in [4.78, 5) is 8.91. The van der Waals surface area contributed by atoms with E-state index in [2.05, 4.69) is 42.7 Å². The van der Waals surface area contributed by atoms with Gasteiger partial charge in [0.05, 0.1) is 23.3 Å². The first kappa shape index (κ1) is 14.6. The largest absolute Gasteiger partial charge is 0.329 e. The fourth-order valence-electron chi connectivity index (χ4n) is 2.85. The second kappa shape index (κ2) is 5.44. The Balaban J connectivity index is 2.16. The van der Waals surface area contributed by atoms with Gasteiger partial charge in [0.2, 0.25) is 0 Å². The van der Waals surface area contributed by atoms with Crippen LogP contribution in [0.5, 0.6) is 0 Å². The zero-order chi connectivity index (χ0) is 15.9. The highest BCUT2D eigenvalue weighted by molar-refractivity contribution is 5.56. The Morgan fingerprint density at radius 1 is 1.14 bits per heavy atom. The minimum Gasteiger partial charge on any atom is -0.329 e. The van der Waals surface area contributed by atoms with Crippen molar-refractivity contribution in [3.05, 3.63) is 35.8 Å². The highest BCUT2D eigenvalue weighted by Gasteiger charge is 2.18. The van der Waals surface area contributed by atoms with Crippen LogP contribution in [-0.2, 0) is 13.6 Å². The Kier molecular flexibility index (Phi) is 3.60.